The molecule has 0 aliphatic heterocycles. The molecule has 1 aromatic carbocycles. The molecule has 0 aliphatic carbocycles. The minimum atomic E-state index is -0.317. The van der Waals surface area contributed by atoms with Crippen molar-refractivity contribution in [1.82, 2.24) is 15.5 Å². The fourth-order valence-electron chi connectivity index (χ4n) is 1.30. The standard InChI is InChI=1S/C11H13FN4O/c1-2-13-7-10-15-16-11(17-10)14-9-5-3-4-8(12)6-9/h3-6,13H,2,7H2,1H3,(H,14,16). The molecule has 0 radical (unpaired) electrons. The van der Waals surface area contributed by atoms with Gasteiger partial charge in [0.1, 0.15) is 5.82 Å². The highest BCUT2D eigenvalue weighted by molar-refractivity contribution is 5.51. The first kappa shape index (κ1) is 11.5. The van der Waals surface area contributed by atoms with Gasteiger partial charge >= 0.3 is 6.01 Å². The summed E-state index contributed by atoms with van der Waals surface area (Å²) < 4.78 is 18.2. The molecule has 0 aliphatic rings. The third-order valence-corrected chi connectivity index (χ3v) is 2.07. The fraction of sp³-hybridized carbons (Fsp3) is 0.273. The van der Waals surface area contributed by atoms with E-state index in [9.17, 15) is 4.39 Å². The summed E-state index contributed by atoms with van der Waals surface area (Å²) >= 11 is 0. The minimum Gasteiger partial charge on any atom is -0.406 e. The van der Waals surface area contributed by atoms with Crippen LogP contribution in [0.2, 0.25) is 0 Å². The van der Waals surface area contributed by atoms with Gasteiger partial charge in [0.2, 0.25) is 5.89 Å². The number of hydrogen-bond donors (Lipinski definition) is 2. The van der Waals surface area contributed by atoms with E-state index in [0.29, 0.717) is 18.1 Å². The van der Waals surface area contributed by atoms with Crippen LogP contribution in [0.15, 0.2) is 28.7 Å². The van der Waals surface area contributed by atoms with Gasteiger partial charge in [-0.25, -0.2) is 4.39 Å². The first-order valence-corrected chi connectivity index (χ1v) is 5.33. The highest BCUT2D eigenvalue weighted by Crippen LogP contribution is 2.15. The second kappa shape index (κ2) is 5.40. The maximum absolute atomic E-state index is 12.9. The molecule has 17 heavy (non-hydrogen) atoms. The van der Waals surface area contributed by atoms with Gasteiger partial charge in [-0.15, -0.1) is 5.10 Å². The van der Waals surface area contributed by atoms with E-state index in [4.69, 9.17) is 4.42 Å². The molecule has 1 heterocycles. The Morgan fingerprint density at radius 2 is 2.24 bits per heavy atom. The molecule has 0 atom stereocenters. The zero-order chi connectivity index (χ0) is 12.1. The van der Waals surface area contributed by atoms with Gasteiger partial charge in [0.25, 0.3) is 0 Å². The number of hydrogen-bond acceptors (Lipinski definition) is 5. The molecule has 0 saturated carbocycles. The molecule has 0 fully saturated rings. The van der Waals surface area contributed by atoms with Gasteiger partial charge in [0, 0.05) is 5.69 Å². The van der Waals surface area contributed by atoms with Crippen molar-refractivity contribution in [2.75, 3.05) is 11.9 Å². The second-order valence-electron chi connectivity index (χ2n) is 3.42. The van der Waals surface area contributed by atoms with E-state index >= 15 is 0 Å². The summed E-state index contributed by atoms with van der Waals surface area (Å²) in [4.78, 5) is 0. The molecule has 6 heteroatoms. The molecule has 0 unspecified atom stereocenters. The van der Waals surface area contributed by atoms with Crippen LogP contribution >= 0.6 is 0 Å². The summed E-state index contributed by atoms with van der Waals surface area (Å²) in [6.07, 6.45) is 0. The van der Waals surface area contributed by atoms with E-state index in [-0.39, 0.29) is 11.8 Å². The molecule has 1 aromatic heterocycles. The molecule has 0 saturated heterocycles. The van der Waals surface area contributed by atoms with E-state index in [1.54, 1.807) is 12.1 Å². The highest BCUT2D eigenvalue weighted by atomic mass is 19.1. The Morgan fingerprint density at radius 1 is 1.35 bits per heavy atom. The van der Waals surface area contributed by atoms with Crippen molar-refractivity contribution in [3.63, 3.8) is 0 Å². The Kier molecular flexibility index (Phi) is 3.66. The van der Waals surface area contributed by atoms with Gasteiger partial charge in [-0.2, -0.15) is 0 Å². The van der Waals surface area contributed by atoms with Crippen LogP contribution in [-0.2, 0) is 6.54 Å². The van der Waals surface area contributed by atoms with Crippen molar-refractivity contribution in [2.45, 2.75) is 13.5 Å². The quantitative estimate of drug-likeness (QED) is 0.832. The van der Waals surface area contributed by atoms with Crippen LogP contribution in [0.1, 0.15) is 12.8 Å². The van der Waals surface area contributed by atoms with Gasteiger partial charge in [0.15, 0.2) is 0 Å². The maximum atomic E-state index is 12.9. The lowest BCUT2D eigenvalue weighted by Crippen LogP contribution is -2.11. The number of rotatable bonds is 5. The lowest BCUT2D eigenvalue weighted by atomic mass is 10.3. The predicted octanol–water partition coefficient (Wildman–Crippen LogP) is 2.06. The van der Waals surface area contributed by atoms with Crippen LogP contribution in [0, 0.1) is 5.82 Å². The van der Waals surface area contributed by atoms with Crippen LogP contribution in [-0.4, -0.2) is 16.7 Å². The van der Waals surface area contributed by atoms with E-state index in [2.05, 4.69) is 20.8 Å². The maximum Gasteiger partial charge on any atom is 0.320 e. The Hall–Kier alpha value is -1.95. The Bertz CT molecular complexity index is 486. The summed E-state index contributed by atoms with van der Waals surface area (Å²) in [5, 5.41) is 13.5. The van der Waals surface area contributed by atoms with Crippen molar-refractivity contribution < 1.29 is 8.81 Å². The third kappa shape index (κ3) is 3.25. The van der Waals surface area contributed by atoms with Crippen molar-refractivity contribution in [3.05, 3.63) is 36.0 Å². The van der Waals surface area contributed by atoms with E-state index in [1.807, 2.05) is 6.92 Å². The molecule has 2 aromatic rings. The lowest BCUT2D eigenvalue weighted by Gasteiger charge is -2.00. The summed E-state index contributed by atoms with van der Waals surface area (Å²) in [6.45, 7) is 3.34. The Labute approximate surface area is 98.1 Å². The van der Waals surface area contributed by atoms with Crippen LogP contribution in [0.25, 0.3) is 0 Å². The largest absolute Gasteiger partial charge is 0.406 e. The van der Waals surface area contributed by atoms with Gasteiger partial charge in [-0.1, -0.05) is 18.1 Å². The smallest absolute Gasteiger partial charge is 0.320 e. The molecular weight excluding hydrogens is 223 g/mol. The number of nitrogens with one attached hydrogen (secondary N) is 2. The predicted molar refractivity (Wildman–Crippen MR) is 61.4 cm³/mol. The van der Waals surface area contributed by atoms with Crippen molar-refractivity contribution in [1.29, 1.82) is 0 Å². The summed E-state index contributed by atoms with van der Waals surface area (Å²) in [5.41, 5.74) is 0.573. The molecule has 90 valence electrons. The van der Waals surface area contributed by atoms with E-state index in [1.165, 1.54) is 12.1 Å². The SMILES string of the molecule is CCNCc1nnc(Nc2cccc(F)c2)o1. The average molecular weight is 236 g/mol. The number of benzene rings is 1. The zero-order valence-corrected chi connectivity index (χ0v) is 9.40. The van der Waals surface area contributed by atoms with Crippen molar-refractivity contribution in [3.8, 4) is 0 Å². The van der Waals surface area contributed by atoms with Crippen LogP contribution in [0.4, 0.5) is 16.1 Å². The molecular formula is C11H13FN4O. The van der Waals surface area contributed by atoms with Crippen molar-refractivity contribution >= 4 is 11.7 Å². The summed E-state index contributed by atoms with van der Waals surface area (Å²) in [6, 6.07) is 6.30. The number of anilines is 2. The first-order chi connectivity index (χ1) is 8.28. The molecule has 5 nitrogen and oxygen atoms in total. The van der Waals surface area contributed by atoms with Crippen LogP contribution in [0.3, 0.4) is 0 Å². The second-order valence-corrected chi connectivity index (χ2v) is 3.42. The molecule has 0 bridgehead atoms. The first-order valence-electron chi connectivity index (χ1n) is 5.33. The Morgan fingerprint density at radius 3 is 3.00 bits per heavy atom. The average Bonchev–Trinajstić information content (AvgIpc) is 2.74. The number of aromatic nitrogens is 2. The highest BCUT2D eigenvalue weighted by Gasteiger charge is 2.05. The molecule has 2 N–H and O–H groups in total. The topological polar surface area (TPSA) is 63.0 Å². The zero-order valence-electron chi connectivity index (χ0n) is 9.40. The van der Waals surface area contributed by atoms with Gasteiger partial charge in [-0.3, -0.25) is 0 Å². The van der Waals surface area contributed by atoms with Gasteiger partial charge < -0.3 is 15.1 Å². The van der Waals surface area contributed by atoms with E-state index in [0.717, 1.165) is 6.54 Å². The normalized spacial score (nSPS) is 10.5. The lowest BCUT2D eigenvalue weighted by molar-refractivity contribution is 0.484. The third-order valence-electron chi connectivity index (χ3n) is 2.07. The number of nitrogens with zero attached hydrogens (tertiary/aromatic N) is 2. The summed E-state index contributed by atoms with van der Waals surface area (Å²) in [5.74, 6) is 0.174. The van der Waals surface area contributed by atoms with Crippen LogP contribution in [0.5, 0.6) is 0 Å². The van der Waals surface area contributed by atoms with Crippen LogP contribution < -0.4 is 10.6 Å². The fourth-order valence-corrected chi connectivity index (χ4v) is 1.30. The molecule has 0 amide bonds. The number of halogens is 1. The molecule has 2 rings (SSSR count). The van der Waals surface area contributed by atoms with Gasteiger partial charge in [0.05, 0.1) is 6.54 Å². The summed E-state index contributed by atoms with van der Waals surface area (Å²) in [7, 11) is 0. The van der Waals surface area contributed by atoms with Gasteiger partial charge in [-0.05, 0) is 24.7 Å². The monoisotopic (exact) mass is 236 g/mol. The molecule has 0 spiro atoms. The minimum absolute atomic E-state index is 0.253. The van der Waals surface area contributed by atoms with E-state index < -0.39 is 0 Å². The van der Waals surface area contributed by atoms with Crippen molar-refractivity contribution in [2.24, 2.45) is 0 Å². The Balaban J connectivity index is 2.01.